The molecule has 9 heteroatoms. The van der Waals surface area contributed by atoms with Crippen LogP contribution in [-0.2, 0) is 6.18 Å². The highest BCUT2D eigenvalue weighted by Crippen LogP contribution is 2.33. The van der Waals surface area contributed by atoms with E-state index in [-0.39, 0.29) is 29.3 Å². The van der Waals surface area contributed by atoms with E-state index in [2.05, 4.69) is 15.3 Å². The first-order valence-corrected chi connectivity index (χ1v) is 8.66. The standard InChI is InChI=1S/C18H21F3N6/c19-18(20,21)13-6-7-14(26-11-4-1-3-10(22)9-11)27-16(13)15(23)12-5-2-8-25-17(12)24/h2,5-8,10-11,23H,1,3-4,9,22H2,(H2,24,25)(H,26,27)/t10-,11?/m0/s1. The fourth-order valence-electron chi connectivity index (χ4n) is 3.28. The predicted molar refractivity (Wildman–Crippen MR) is 97.7 cm³/mol. The lowest BCUT2D eigenvalue weighted by molar-refractivity contribution is -0.137. The van der Waals surface area contributed by atoms with Gasteiger partial charge in [-0.05, 0) is 49.9 Å². The molecule has 144 valence electrons. The van der Waals surface area contributed by atoms with Gasteiger partial charge in [0.05, 0.1) is 11.3 Å². The molecule has 1 fully saturated rings. The van der Waals surface area contributed by atoms with Crippen LogP contribution in [0.5, 0.6) is 0 Å². The largest absolute Gasteiger partial charge is 0.418 e. The molecule has 3 rings (SSSR count). The number of nitrogens with one attached hydrogen (secondary N) is 2. The lowest BCUT2D eigenvalue weighted by Crippen LogP contribution is -2.35. The minimum Gasteiger partial charge on any atom is -0.383 e. The van der Waals surface area contributed by atoms with E-state index in [9.17, 15) is 13.2 Å². The van der Waals surface area contributed by atoms with Crippen LogP contribution in [0.25, 0.3) is 0 Å². The molecule has 1 saturated carbocycles. The molecule has 6 N–H and O–H groups in total. The first kappa shape index (κ1) is 19.1. The molecular weight excluding hydrogens is 357 g/mol. The van der Waals surface area contributed by atoms with Crippen molar-refractivity contribution >= 4 is 17.3 Å². The average molecular weight is 378 g/mol. The first-order chi connectivity index (χ1) is 12.8. The Hall–Kier alpha value is -2.68. The number of hydrogen-bond donors (Lipinski definition) is 4. The fourth-order valence-corrected chi connectivity index (χ4v) is 3.28. The summed E-state index contributed by atoms with van der Waals surface area (Å²) in [4.78, 5) is 7.94. The highest BCUT2D eigenvalue weighted by molar-refractivity contribution is 6.13. The van der Waals surface area contributed by atoms with Gasteiger partial charge >= 0.3 is 6.18 Å². The third-order valence-electron chi connectivity index (χ3n) is 4.61. The molecule has 2 heterocycles. The summed E-state index contributed by atoms with van der Waals surface area (Å²) in [6, 6.07) is 5.30. The van der Waals surface area contributed by atoms with Crippen LogP contribution in [0.3, 0.4) is 0 Å². The van der Waals surface area contributed by atoms with E-state index >= 15 is 0 Å². The summed E-state index contributed by atoms with van der Waals surface area (Å²) in [5.74, 6) is 0.262. The van der Waals surface area contributed by atoms with Gasteiger partial charge in [0, 0.05) is 23.8 Å². The van der Waals surface area contributed by atoms with E-state index in [0.717, 1.165) is 31.7 Å². The molecule has 0 bridgehead atoms. The summed E-state index contributed by atoms with van der Waals surface area (Å²) in [7, 11) is 0. The first-order valence-electron chi connectivity index (χ1n) is 8.66. The van der Waals surface area contributed by atoms with E-state index in [1.165, 1.54) is 24.4 Å². The van der Waals surface area contributed by atoms with E-state index in [0.29, 0.717) is 0 Å². The quantitative estimate of drug-likeness (QED) is 0.610. The van der Waals surface area contributed by atoms with Crippen LogP contribution in [0.2, 0.25) is 0 Å². The van der Waals surface area contributed by atoms with Gasteiger partial charge in [0.15, 0.2) is 0 Å². The normalized spacial score (nSPS) is 20.3. The summed E-state index contributed by atoms with van der Waals surface area (Å²) >= 11 is 0. The van der Waals surface area contributed by atoms with Crippen LogP contribution in [0.4, 0.5) is 24.8 Å². The summed E-state index contributed by atoms with van der Waals surface area (Å²) in [6.07, 6.45) is 0.263. The van der Waals surface area contributed by atoms with Crippen molar-refractivity contribution in [3.05, 3.63) is 47.3 Å². The van der Waals surface area contributed by atoms with Crippen molar-refractivity contribution in [2.24, 2.45) is 5.73 Å². The van der Waals surface area contributed by atoms with Crippen molar-refractivity contribution in [3.8, 4) is 0 Å². The summed E-state index contributed by atoms with van der Waals surface area (Å²) in [5, 5.41) is 11.4. The number of nitrogen functional groups attached to an aromatic ring is 1. The van der Waals surface area contributed by atoms with Gasteiger partial charge in [-0.2, -0.15) is 13.2 Å². The molecule has 27 heavy (non-hydrogen) atoms. The molecule has 1 aliphatic carbocycles. The van der Waals surface area contributed by atoms with E-state index in [1.54, 1.807) is 0 Å². The molecule has 6 nitrogen and oxygen atoms in total. The van der Waals surface area contributed by atoms with Crippen molar-refractivity contribution in [3.63, 3.8) is 0 Å². The maximum absolute atomic E-state index is 13.4. The minimum absolute atomic E-state index is 0.0194. The van der Waals surface area contributed by atoms with Gasteiger partial charge in [0.25, 0.3) is 0 Å². The van der Waals surface area contributed by atoms with E-state index < -0.39 is 23.1 Å². The van der Waals surface area contributed by atoms with Gasteiger partial charge in [-0.15, -0.1) is 0 Å². The molecular formula is C18H21F3N6. The van der Waals surface area contributed by atoms with Crippen LogP contribution < -0.4 is 16.8 Å². The van der Waals surface area contributed by atoms with Crippen molar-refractivity contribution in [1.29, 1.82) is 5.41 Å². The Morgan fingerprint density at radius 2 is 2.00 bits per heavy atom. The molecule has 2 aromatic heterocycles. The Bertz CT molecular complexity index is 836. The van der Waals surface area contributed by atoms with Crippen molar-refractivity contribution in [2.45, 2.75) is 43.9 Å². The van der Waals surface area contributed by atoms with Crippen LogP contribution in [-0.4, -0.2) is 27.8 Å². The molecule has 2 atom stereocenters. The zero-order chi connectivity index (χ0) is 19.6. The summed E-state index contributed by atoms with van der Waals surface area (Å²) < 4.78 is 40.3. The Balaban J connectivity index is 1.96. The molecule has 2 aromatic rings. The van der Waals surface area contributed by atoms with Crippen LogP contribution in [0, 0.1) is 5.41 Å². The lowest BCUT2D eigenvalue weighted by atomic mass is 9.91. The molecule has 0 aliphatic heterocycles. The van der Waals surface area contributed by atoms with Crippen LogP contribution in [0.1, 0.15) is 42.5 Å². The Kier molecular flexibility index (Phi) is 5.31. The smallest absolute Gasteiger partial charge is 0.383 e. The molecule has 1 unspecified atom stereocenters. The van der Waals surface area contributed by atoms with Gasteiger partial charge in [-0.1, -0.05) is 0 Å². The highest BCUT2D eigenvalue weighted by Gasteiger charge is 2.36. The number of anilines is 2. The molecule has 1 aliphatic rings. The molecule has 0 aromatic carbocycles. The third-order valence-corrected chi connectivity index (χ3v) is 4.61. The summed E-state index contributed by atoms with van der Waals surface area (Å²) in [5.41, 5.74) is 9.92. The topological polar surface area (TPSA) is 114 Å². The van der Waals surface area contributed by atoms with Crippen LogP contribution >= 0.6 is 0 Å². The summed E-state index contributed by atoms with van der Waals surface area (Å²) in [6.45, 7) is 0. The lowest BCUT2D eigenvalue weighted by Gasteiger charge is -2.28. The highest BCUT2D eigenvalue weighted by atomic mass is 19.4. The Labute approximate surface area is 154 Å². The fraction of sp³-hybridized carbons (Fsp3) is 0.389. The second-order valence-electron chi connectivity index (χ2n) is 6.67. The van der Waals surface area contributed by atoms with E-state index in [4.69, 9.17) is 16.9 Å². The van der Waals surface area contributed by atoms with E-state index in [1.807, 2.05) is 0 Å². The van der Waals surface area contributed by atoms with Crippen molar-refractivity contribution in [1.82, 2.24) is 9.97 Å². The predicted octanol–water partition coefficient (Wildman–Crippen LogP) is 3.18. The van der Waals surface area contributed by atoms with Gasteiger partial charge in [-0.3, -0.25) is 5.41 Å². The van der Waals surface area contributed by atoms with Crippen LogP contribution in [0.15, 0.2) is 30.5 Å². The van der Waals surface area contributed by atoms with Gasteiger partial charge in [-0.25, -0.2) is 9.97 Å². The number of aromatic nitrogens is 2. The molecule has 0 amide bonds. The number of hydrogen-bond acceptors (Lipinski definition) is 6. The maximum Gasteiger partial charge on any atom is 0.418 e. The average Bonchev–Trinajstić information content (AvgIpc) is 2.60. The molecule has 0 saturated heterocycles. The minimum atomic E-state index is -4.64. The number of pyridine rings is 2. The van der Waals surface area contributed by atoms with Gasteiger partial charge in [0.1, 0.15) is 17.3 Å². The van der Waals surface area contributed by atoms with Gasteiger partial charge < -0.3 is 16.8 Å². The second-order valence-corrected chi connectivity index (χ2v) is 6.67. The van der Waals surface area contributed by atoms with Crippen molar-refractivity contribution < 1.29 is 13.2 Å². The number of alkyl halides is 3. The van der Waals surface area contributed by atoms with Gasteiger partial charge in [0.2, 0.25) is 0 Å². The third kappa shape index (κ3) is 4.36. The maximum atomic E-state index is 13.4. The molecule has 0 radical (unpaired) electrons. The monoisotopic (exact) mass is 378 g/mol. The number of rotatable bonds is 4. The SMILES string of the molecule is N=C(c1cccnc1N)c1nc(NC2CCC[C@H](N)C2)ccc1C(F)(F)F. The Morgan fingerprint density at radius 1 is 1.22 bits per heavy atom. The Morgan fingerprint density at radius 3 is 2.67 bits per heavy atom. The van der Waals surface area contributed by atoms with Crippen molar-refractivity contribution in [2.75, 3.05) is 11.1 Å². The second kappa shape index (κ2) is 7.51. The number of halogens is 3. The zero-order valence-corrected chi connectivity index (χ0v) is 14.6. The number of nitrogens with zero attached hydrogens (tertiary/aromatic N) is 2. The number of nitrogens with two attached hydrogens (primary N) is 2. The molecule has 0 spiro atoms. The zero-order valence-electron chi connectivity index (χ0n) is 14.6.